The van der Waals surface area contributed by atoms with Crippen molar-refractivity contribution in [3.8, 4) is 0 Å². The maximum Gasteiger partial charge on any atom is 0.153 e. The molecule has 25 heavy (non-hydrogen) atoms. The van der Waals surface area contributed by atoms with E-state index in [0.717, 1.165) is 55.7 Å². The first-order chi connectivity index (χ1) is 12.3. The number of rotatable bonds is 5. The van der Waals surface area contributed by atoms with Crippen molar-refractivity contribution >= 4 is 11.5 Å². The highest BCUT2D eigenvalue weighted by molar-refractivity contribution is 5.46. The Hall–Kier alpha value is -2.40. The monoisotopic (exact) mass is 336 g/mol. The molecule has 130 valence electrons. The van der Waals surface area contributed by atoms with E-state index in [4.69, 9.17) is 5.10 Å². The van der Waals surface area contributed by atoms with E-state index in [0.29, 0.717) is 6.04 Å². The van der Waals surface area contributed by atoms with Gasteiger partial charge in [-0.3, -0.25) is 0 Å². The van der Waals surface area contributed by atoms with Crippen LogP contribution < -0.4 is 5.32 Å². The van der Waals surface area contributed by atoms with Gasteiger partial charge in [-0.15, -0.1) is 5.10 Å². The zero-order valence-electron chi connectivity index (χ0n) is 14.3. The Bertz CT molecular complexity index is 822. The van der Waals surface area contributed by atoms with Gasteiger partial charge in [0.05, 0.1) is 18.0 Å². The average Bonchev–Trinajstić information content (AvgIpc) is 3.05. The summed E-state index contributed by atoms with van der Waals surface area (Å²) in [7, 11) is 0. The fraction of sp³-hybridized carbons (Fsp3) is 0.400. The first-order valence-electron chi connectivity index (χ1n) is 9.10. The van der Waals surface area contributed by atoms with Crippen LogP contribution in [0.5, 0.6) is 0 Å². The molecular weight excluding hydrogens is 312 g/mol. The third kappa shape index (κ3) is 3.82. The van der Waals surface area contributed by atoms with Gasteiger partial charge in [0.2, 0.25) is 0 Å². The van der Waals surface area contributed by atoms with Crippen LogP contribution in [0.1, 0.15) is 36.9 Å². The number of anilines is 1. The Kier molecular flexibility index (Phi) is 4.65. The second-order valence-electron chi connectivity index (χ2n) is 6.87. The minimum absolute atomic E-state index is 0.133. The first-order valence-corrected chi connectivity index (χ1v) is 9.10. The summed E-state index contributed by atoms with van der Waals surface area (Å²) in [4.78, 5) is 4.47. The molecule has 2 aromatic heterocycles. The smallest absolute Gasteiger partial charge is 0.153 e. The van der Waals surface area contributed by atoms with E-state index in [2.05, 4.69) is 34.6 Å². The molecule has 1 fully saturated rings. The molecule has 0 bridgehead atoms. The molecule has 3 aromatic rings. The highest BCUT2D eigenvalue weighted by Crippen LogP contribution is 2.21. The van der Waals surface area contributed by atoms with E-state index in [9.17, 15) is 5.11 Å². The molecule has 0 radical (unpaired) electrons. The van der Waals surface area contributed by atoms with Crippen LogP contribution in [0.25, 0.3) is 5.65 Å². The molecule has 2 heterocycles. The van der Waals surface area contributed by atoms with E-state index in [1.165, 1.54) is 5.56 Å². The molecule has 0 spiro atoms. The maximum absolute atomic E-state index is 9.64. The van der Waals surface area contributed by atoms with Crippen molar-refractivity contribution < 1.29 is 5.11 Å². The van der Waals surface area contributed by atoms with Gasteiger partial charge in [-0.25, -0.2) is 9.50 Å². The molecule has 2 N–H and O–H groups in total. The third-order valence-electron chi connectivity index (χ3n) is 4.99. The molecule has 0 aliphatic heterocycles. The van der Waals surface area contributed by atoms with Gasteiger partial charge in [0.1, 0.15) is 5.82 Å². The predicted octanol–water partition coefficient (Wildman–Crippen LogP) is 3.23. The van der Waals surface area contributed by atoms with Crippen LogP contribution in [0.4, 0.5) is 5.82 Å². The molecule has 0 saturated heterocycles. The molecule has 4 rings (SSSR count). The van der Waals surface area contributed by atoms with Crippen molar-refractivity contribution in [2.24, 2.45) is 0 Å². The number of nitrogens with one attached hydrogen (secondary N) is 1. The van der Waals surface area contributed by atoms with Gasteiger partial charge in [-0.1, -0.05) is 30.3 Å². The number of aliphatic hydroxyl groups is 1. The molecule has 0 unspecified atom stereocenters. The minimum Gasteiger partial charge on any atom is -0.393 e. The minimum atomic E-state index is -0.133. The molecule has 1 saturated carbocycles. The van der Waals surface area contributed by atoms with Crippen molar-refractivity contribution in [2.75, 3.05) is 5.32 Å². The van der Waals surface area contributed by atoms with Gasteiger partial charge >= 0.3 is 0 Å². The summed E-state index contributed by atoms with van der Waals surface area (Å²) in [6, 6.07) is 14.9. The Labute approximate surface area is 147 Å². The van der Waals surface area contributed by atoms with E-state index in [1.807, 2.05) is 28.9 Å². The summed E-state index contributed by atoms with van der Waals surface area (Å²) in [6.07, 6.45) is 7.40. The molecule has 5 nitrogen and oxygen atoms in total. The average molecular weight is 336 g/mol. The molecular formula is C20H24N4O. The number of fused-ring (bicyclic) bond motifs is 1. The molecule has 1 aliphatic rings. The Balaban J connectivity index is 1.47. The lowest BCUT2D eigenvalue weighted by Gasteiger charge is -2.26. The molecule has 1 aliphatic carbocycles. The van der Waals surface area contributed by atoms with E-state index >= 15 is 0 Å². The Morgan fingerprint density at radius 2 is 1.80 bits per heavy atom. The number of aromatic nitrogens is 3. The van der Waals surface area contributed by atoms with Crippen LogP contribution in [0.2, 0.25) is 0 Å². The largest absolute Gasteiger partial charge is 0.393 e. The van der Waals surface area contributed by atoms with Crippen LogP contribution in [0.3, 0.4) is 0 Å². The van der Waals surface area contributed by atoms with Crippen molar-refractivity contribution in [3.63, 3.8) is 0 Å². The van der Waals surface area contributed by atoms with Crippen molar-refractivity contribution in [2.45, 2.75) is 50.7 Å². The second kappa shape index (κ2) is 7.23. The highest BCUT2D eigenvalue weighted by atomic mass is 16.3. The molecule has 1 aromatic carbocycles. The standard InChI is InChI=1S/C20H24N4O/c25-18-10-7-16(8-11-18)22-19-12-13-20-21-14-17(24(20)23-19)9-6-15-4-2-1-3-5-15/h1-5,12-14,16,18,25H,6-11H2,(H,22,23). The normalized spacial score (nSPS) is 20.7. The van der Waals surface area contributed by atoms with Crippen molar-refractivity contribution in [3.05, 3.63) is 59.9 Å². The summed E-state index contributed by atoms with van der Waals surface area (Å²) in [5.74, 6) is 0.882. The summed E-state index contributed by atoms with van der Waals surface area (Å²) in [5, 5.41) is 17.9. The van der Waals surface area contributed by atoms with Crippen molar-refractivity contribution in [1.29, 1.82) is 0 Å². The number of aryl methyl sites for hydroxylation is 2. The lowest BCUT2D eigenvalue weighted by molar-refractivity contribution is 0.126. The predicted molar refractivity (Wildman–Crippen MR) is 98.7 cm³/mol. The van der Waals surface area contributed by atoms with E-state index in [1.54, 1.807) is 0 Å². The maximum atomic E-state index is 9.64. The topological polar surface area (TPSA) is 62.5 Å². The Morgan fingerprint density at radius 3 is 2.60 bits per heavy atom. The lowest BCUT2D eigenvalue weighted by Crippen LogP contribution is -2.28. The SMILES string of the molecule is OC1CCC(Nc2ccc3ncc(CCc4ccccc4)n3n2)CC1. The number of imidazole rings is 1. The third-order valence-corrected chi connectivity index (χ3v) is 4.99. The highest BCUT2D eigenvalue weighted by Gasteiger charge is 2.19. The van der Waals surface area contributed by atoms with Gasteiger partial charge in [-0.2, -0.15) is 0 Å². The van der Waals surface area contributed by atoms with Gasteiger partial charge in [-0.05, 0) is 56.2 Å². The second-order valence-corrected chi connectivity index (χ2v) is 6.87. The number of hydrogen-bond acceptors (Lipinski definition) is 4. The van der Waals surface area contributed by atoms with E-state index in [-0.39, 0.29) is 6.10 Å². The van der Waals surface area contributed by atoms with Crippen LogP contribution in [-0.2, 0) is 12.8 Å². The molecule has 5 heteroatoms. The van der Waals surface area contributed by atoms with Gasteiger partial charge in [0.25, 0.3) is 0 Å². The van der Waals surface area contributed by atoms with Crippen LogP contribution in [-0.4, -0.2) is 31.9 Å². The fourth-order valence-corrected chi connectivity index (χ4v) is 3.51. The zero-order chi connectivity index (χ0) is 17.1. The Morgan fingerprint density at radius 1 is 1.00 bits per heavy atom. The van der Waals surface area contributed by atoms with Crippen molar-refractivity contribution in [1.82, 2.24) is 14.6 Å². The zero-order valence-corrected chi connectivity index (χ0v) is 14.3. The lowest BCUT2D eigenvalue weighted by atomic mass is 9.93. The number of hydrogen-bond donors (Lipinski definition) is 2. The number of aliphatic hydroxyl groups excluding tert-OH is 1. The number of nitrogens with zero attached hydrogens (tertiary/aromatic N) is 3. The molecule has 0 atom stereocenters. The van der Waals surface area contributed by atoms with Gasteiger partial charge in [0.15, 0.2) is 5.65 Å². The van der Waals surface area contributed by atoms with E-state index < -0.39 is 0 Å². The summed E-state index contributed by atoms with van der Waals surface area (Å²) in [6.45, 7) is 0. The van der Waals surface area contributed by atoms with Crippen LogP contribution >= 0.6 is 0 Å². The summed E-state index contributed by atoms with van der Waals surface area (Å²) >= 11 is 0. The van der Waals surface area contributed by atoms with Gasteiger partial charge in [0, 0.05) is 6.04 Å². The quantitative estimate of drug-likeness (QED) is 0.751. The van der Waals surface area contributed by atoms with Crippen LogP contribution in [0.15, 0.2) is 48.7 Å². The summed E-state index contributed by atoms with van der Waals surface area (Å²) in [5.41, 5.74) is 3.33. The summed E-state index contributed by atoms with van der Waals surface area (Å²) < 4.78 is 1.95. The number of benzene rings is 1. The first kappa shape index (κ1) is 16.1. The van der Waals surface area contributed by atoms with Gasteiger partial charge < -0.3 is 10.4 Å². The molecule has 0 amide bonds. The van der Waals surface area contributed by atoms with Crippen LogP contribution in [0, 0.1) is 0 Å². The fourth-order valence-electron chi connectivity index (χ4n) is 3.51.